The van der Waals surface area contributed by atoms with Gasteiger partial charge in [0.05, 0.1) is 17.8 Å². The smallest absolute Gasteiger partial charge is 0.143 e. The highest BCUT2D eigenvalue weighted by Gasteiger charge is 2.27. The summed E-state index contributed by atoms with van der Waals surface area (Å²) in [5, 5.41) is 8.68. The summed E-state index contributed by atoms with van der Waals surface area (Å²) in [4.78, 5) is 2.08. The number of nitrogens with zero attached hydrogens (tertiary/aromatic N) is 2. The molecule has 0 saturated carbocycles. The number of hydrogen-bond donors (Lipinski definition) is 0. The predicted molar refractivity (Wildman–Crippen MR) is 63.4 cm³/mol. The van der Waals surface area contributed by atoms with Crippen molar-refractivity contribution >= 4 is 5.69 Å². The molecule has 1 aliphatic heterocycles. The Labute approximate surface area is 100 Å². The SMILES string of the molecule is CC1(C)CN(c2ccc(C#N)c(F)c2)CCO1. The quantitative estimate of drug-likeness (QED) is 0.748. The van der Waals surface area contributed by atoms with Crippen molar-refractivity contribution in [3.8, 4) is 6.07 Å². The molecular weight excluding hydrogens is 219 g/mol. The average molecular weight is 234 g/mol. The van der Waals surface area contributed by atoms with Crippen LogP contribution in [0.4, 0.5) is 10.1 Å². The number of morpholine rings is 1. The van der Waals surface area contributed by atoms with E-state index in [1.54, 1.807) is 6.07 Å². The predicted octanol–water partition coefficient (Wildman–Crippen LogP) is 2.31. The van der Waals surface area contributed by atoms with E-state index in [0.717, 1.165) is 18.8 Å². The second-order valence-electron chi connectivity index (χ2n) is 4.81. The van der Waals surface area contributed by atoms with Crippen LogP contribution in [0.5, 0.6) is 0 Å². The Balaban J connectivity index is 2.23. The normalized spacial score (nSPS) is 18.8. The Morgan fingerprint density at radius 1 is 1.47 bits per heavy atom. The minimum absolute atomic E-state index is 0.0845. The number of nitriles is 1. The molecule has 1 aromatic carbocycles. The van der Waals surface area contributed by atoms with E-state index in [2.05, 4.69) is 4.90 Å². The Morgan fingerprint density at radius 2 is 2.24 bits per heavy atom. The molecule has 3 nitrogen and oxygen atoms in total. The molecule has 0 radical (unpaired) electrons. The lowest BCUT2D eigenvalue weighted by Gasteiger charge is -2.39. The van der Waals surface area contributed by atoms with E-state index < -0.39 is 5.82 Å². The first kappa shape index (κ1) is 11.9. The molecule has 0 unspecified atom stereocenters. The van der Waals surface area contributed by atoms with Crippen LogP contribution in [0.2, 0.25) is 0 Å². The molecule has 0 amide bonds. The summed E-state index contributed by atoms with van der Waals surface area (Å²) >= 11 is 0. The number of anilines is 1. The molecule has 1 aromatic rings. The van der Waals surface area contributed by atoms with Crippen molar-refractivity contribution in [2.45, 2.75) is 19.4 Å². The maximum atomic E-state index is 13.5. The largest absolute Gasteiger partial charge is 0.372 e. The number of halogens is 1. The number of benzene rings is 1. The second kappa shape index (κ2) is 4.34. The summed E-state index contributed by atoms with van der Waals surface area (Å²) < 4.78 is 19.1. The fourth-order valence-corrected chi connectivity index (χ4v) is 2.03. The Bertz CT molecular complexity index is 465. The summed E-state index contributed by atoms with van der Waals surface area (Å²) in [5.41, 5.74) is 0.668. The minimum atomic E-state index is -0.464. The lowest BCUT2D eigenvalue weighted by molar-refractivity contribution is -0.0277. The zero-order valence-electron chi connectivity index (χ0n) is 10.0. The van der Waals surface area contributed by atoms with Crippen molar-refractivity contribution < 1.29 is 9.13 Å². The third-order valence-electron chi connectivity index (χ3n) is 2.86. The minimum Gasteiger partial charge on any atom is -0.372 e. The highest BCUT2D eigenvalue weighted by molar-refractivity contribution is 5.51. The fourth-order valence-electron chi connectivity index (χ4n) is 2.03. The first-order valence-electron chi connectivity index (χ1n) is 5.60. The summed E-state index contributed by atoms with van der Waals surface area (Å²) in [5.74, 6) is -0.464. The molecule has 0 spiro atoms. The molecule has 17 heavy (non-hydrogen) atoms. The molecule has 0 bridgehead atoms. The molecule has 0 N–H and O–H groups in total. The second-order valence-corrected chi connectivity index (χ2v) is 4.81. The van der Waals surface area contributed by atoms with Gasteiger partial charge in [0.15, 0.2) is 0 Å². The zero-order chi connectivity index (χ0) is 12.5. The topological polar surface area (TPSA) is 36.3 Å². The van der Waals surface area contributed by atoms with Gasteiger partial charge in [-0.05, 0) is 32.0 Å². The van der Waals surface area contributed by atoms with Crippen molar-refractivity contribution in [2.75, 3.05) is 24.6 Å². The van der Waals surface area contributed by atoms with E-state index >= 15 is 0 Å². The van der Waals surface area contributed by atoms with Crippen molar-refractivity contribution in [3.05, 3.63) is 29.6 Å². The van der Waals surface area contributed by atoms with Gasteiger partial charge < -0.3 is 9.64 Å². The van der Waals surface area contributed by atoms with Gasteiger partial charge in [-0.25, -0.2) is 4.39 Å². The molecular formula is C13H15FN2O. The zero-order valence-corrected chi connectivity index (χ0v) is 10.0. The lowest BCUT2D eigenvalue weighted by atomic mass is 10.1. The summed E-state index contributed by atoms with van der Waals surface area (Å²) in [6.07, 6.45) is 0. The number of rotatable bonds is 1. The van der Waals surface area contributed by atoms with Crippen molar-refractivity contribution in [1.82, 2.24) is 0 Å². The maximum absolute atomic E-state index is 13.5. The molecule has 1 fully saturated rings. The third kappa shape index (κ3) is 2.56. The van der Waals surface area contributed by atoms with Crippen molar-refractivity contribution in [2.24, 2.45) is 0 Å². The molecule has 1 heterocycles. The molecule has 1 aliphatic rings. The van der Waals surface area contributed by atoms with Crippen LogP contribution in [0.15, 0.2) is 18.2 Å². The molecule has 0 aliphatic carbocycles. The van der Waals surface area contributed by atoms with Gasteiger partial charge in [0.1, 0.15) is 11.9 Å². The van der Waals surface area contributed by atoms with Crippen LogP contribution >= 0.6 is 0 Å². The van der Waals surface area contributed by atoms with Gasteiger partial charge in [-0.15, -0.1) is 0 Å². The van der Waals surface area contributed by atoms with E-state index in [4.69, 9.17) is 10.00 Å². The number of ether oxygens (including phenoxy) is 1. The summed E-state index contributed by atoms with van der Waals surface area (Å²) in [6.45, 7) is 6.13. The van der Waals surface area contributed by atoms with Crippen LogP contribution in [0.25, 0.3) is 0 Å². The Hall–Kier alpha value is -1.60. The molecule has 1 saturated heterocycles. The van der Waals surface area contributed by atoms with Crippen LogP contribution in [0.1, 0.15) is 19.4 Å². The van der Waals surface area contributed by atoms with Crippen LogP contribution in [-0.2, 0) is 4.74 Å². The number of hydrogen-bond acceptors (Lipinski definition) is 3. The first-order chi connectivity index (χ1) is 8.02. The molecule has 4 heteroatoms. The van der Waals surface area contributed by atoms with E-state index in [1.165, 1.54) is 12.1 Å². The molecule has 0 atom stereocenters. The summed E-state index contributed by atoms with van der Waals surface area (Å²) in [6, 6.07) is 6.54. The van der Waals surface area contributed by atoms with Gasteiger partial charge in [0, 0.05) is 18.8 Å². The van der Waals surface area contributed by atoms with E-state index in [0.29, 0.717) is 6.61 Å². The van der Waals surface area contributed by atoms with E-state index in [1.807, 2.05) is 19.9 Å². The summed E-state index contributed by atoms with van der Waals surface area (Å²) in [7, 11) is 0. The highest BCUT2D eigenvalue weighted by atomic mass is 19.1. The molecule has 2 rings (SSSR count). The van der Waals surface area contributed by atoms with Gasteiger partial charge in [-0.3, -0.25) is 0 Å². The Morgan fingerprint density at radius 3 is 2.82 bits per heavy atom. The highest BCUT2D eigenvalue weighted by Crippen LogP contribution is 2.24. The van der Waals surface area contributed by atoms with Gasteiger partial charge in [0.25, 0.3) is 0 Å². The van der Waals surface area contributed by atoms with Crippen molar-refractivity contribution in [3.63, 3.8) is 0 Å². The van der Waals surface area contributed by atoms with Gasteiger partial charge >= 0.3 is 0 Å². The molecule has 0 aromatic heterocycles. The monoisotopic (exact) mass is 234 g/mol. The van der Waals surface area contributed by atoms with Gasteiger partial charge in [-0.1, -0.05) is 0 Å². The van der Waals surface area contributed by atoms with E-state index in [-0.39, 0.29) is 11.2 Å². The lowest BCUT2D eigenvalue weighted by Crippen LogP contribution is -2.48. The fraction of sp³-hybridized carbons (Fsp3) is 0.462. The maximum Gasteiger partial charge on any atom is 0.143 e. The Kier molecular flexibility index (Phi) is 3.03. The standard InChI is InChI=1S/C13H15FN2O/c1-13(2)9-16(5-6-17-13)11-4-3-10(8-15)12(14)7-11/h3-4,7H,5-6,9H2,1-2H3. The van der Waals surface area contributed by atoms with Gasteiger partial charge in [0.2, 0.25) is 0 Å². The van der Waals surface area contributed by atoms with Crippen molar-refractivity contribution in [1.29, 1.82) is 5.26 Å². The average Bonchev–Trinajstić information content (AvgIpc) is 2.27. The van der Waals surface area contributed by atoms with Gasteiger partial charge in [-0.2, -0.15) is 5.26 Å². The van der Waals surface area contributed by atoms with Crippen LogP contribution in [0.3, 0.4) is 0 Å². The van der Waals surface area contributed by atoms with Crippen LogP contribution < -0.4 is 4.90 Å². The molecule has 90 valence electrons. The van der Waals surface area contributed by atoms with E-state index in [9.17, 15) is 4.39 Å². The third-order valence-corrected chi connectivity index (χ3v) is 2.86. The van der Waals surface area contributed by atoms with Crippen LogP contribution in [0, 0.1) is 17.1 Å². The first-order valence-corrected chi connectivity index (χ1v) is 5.60. The van der Waals surface area contributed by atoms with Crippen LogP contribution in [-0.4, -0.2) is 25.3 Å².